The van der Waals surface area contributed by atoms with Crippen molar-refractivity contribution in [2.75, 3.05) is 13.6 Å². The average molecular weight is 248 g/mol. The Morgan fingerprint density at radius 2 is 2.33 bits per heavy atom. The highest BCUT2D eigenvalue weighted by Gasteiger charge is 2.28. The Morgan fingerprint density at radius 3 is 3.00 bits per heavy atom. The molecule has 2 atom stereocenters. The molecule has 1 aliphatic rings. The molecule has 1 amide bonds. The van der Waals surface area contributed by atoms with Crippen LogP contribution in [0.15, 0.2) is 18.6 Å². The molecule has 1 aliphatic heterocycles. The van der Waals surface area contributed by atoms with Gasteiger partial charge < -0.3 is 10.2 Å². The molecular formula is C13H20N4O. The molecule has 0 aliphatic carbocycles. The third kappa shape index (κ3) is 3.04. The molecule has 1 aromatic rings. The van der Waals surface area contributed by atoms with Crippen molar-refractivity contribution >= 4 is 5.91 Å². The van der Waals surface area contributed by atoms with Crippen LogP contribution < -0.4 is 5.32 Å². The molecule has 5 heteroatoms. The highest BCUT2D eigenvalue weighted by molar-refractivity contribution is 5.82. The molecule has 1 saturated heterocycles. The van der Waals surface area contributed by atoms with Gasteiger partial charge in [0.2, 0.25) is 5.91 Å². The third-order valence-corrected chi connectivity index (χ3v) is 3.46. The molecule has 0 spiro atoms. The van der Waals surface area contributed by atoms with E-state index in [0.717, 1.165) is 25.1 Å². The molecule has 2 unspecified atom stereocenters. The van der Waals surface area contributed by atoms with Crippen LogP contribution in [0.25, 0.3) is 0 Å². The topological polar surface area (TPSA) is 58.1 Å². The highest BCUT2D eigenvalue weighted by Crippen LogP contribution is 2.19. The van der Waals surface area contributed by atoms with Crippen molar-refractivity contribution in [3.63, 3.8) is 0 Å². The molecule has 5 nitrogen and oxygen atoms in total. The second-order valence-electron chi connectivity index (χ2n) is 4.93. The number of nitrogens with zero attached hydrogens (tertiary/aromatic N) is 3. The molecule has 0 bridgehead atoms. The largest absolute Gasteiger partial charge is 0.335 e. The van der Waals surface area contributed by atoms with Gasteiger partial charge in [-0.3, -0.25) is 14.8 Å². The SMILES string of the molecule is CNC1CC(C)CCN(Cc2cnccn2)C1=O. The quantitative estimate of drug-likeness (QED) is 0.860. The zero-order valence-corrected chi connectivity index (χ0v) is 11.0. The molecular weight excluding hydrogens is 228 g/mol. The van der Waals surface area contributed by atoms with Gasteiger partial charge in [-0.2, -0.15) is 0 Å². The van der Waals surface area contributed by atoms with E-state index in [4.69, 9.17) is 0 Å². The van der Waals surface area contributed by atoms with Crippen LogP contribution in [0.4, 0.5) is 0 Å². The summed E-state index contributed by atoms with van der Waals surface area (Å²) in [6, 6.07) is -0.0702. The molecule has 0 saturated carbocycles. The van der Waals surface area contributed by atoms with Gasteiger partial charge >= 0.3 is 0 Å². The standard InChI is InChI=1S/C13H20N4O/c1-10-3-6-17(13(18)12(7-10)14-2)9-11-8-15-4-5-16-11/h4-5,8,10,12,14H,3,6-7,9H2,1-2H3. The predicted octanol–water partition coefficient (Wildman–Crippen LogP) is 0.823. The van der Waals surface area contributed by atoms with Gasteiger partial charge in [-0.25, -0.2) is 0 Å². The average Bonchev–Trinajstić information content (AvgIpc) is 2.53. The Kier molecular flexibility index (Phi) is 4.25. The fourth-order valence-corrected chi connectivity index (χ4v) is 2.33. The lowest BCUT2D eigenvalue weighted by Gasteiger charge is -2.23. The Bertz CT molecular complexity index is 395. The van der Waals surface area contributed by atoms with Crippen LogP contribution in [0.2, 0.25) is 0 Å². The van der Waals surface area contributed by atoms with E-state index in [-0.39, 0.29) is 11.9 Å². The summed E-state index contributed by atoms with van der Waals surface area (Å²) in [7, 11) is 1.85. The number of likely N-dealkylation sites (N-methyl/N-ethyl adjacent to an activating group) is 1. The summed E-state index contributed by atoms with van der Waals surface area (Å²) in [5.41, 5.74) is 0.843. The van der Waals surface area contributed by atoms with Gasteiger partial charge in [-0.05, 0) is 25.8 Å². The molecule has 1 N–H and O–H groups in total. The van der Waals surface area contributed by atoms with Gasteiger partial charge in [-0.1, -0.05) is 6.92 Å². The number of amides is 1. The number of carbonyl (C=O) groups is 1. The van der Waals surface area contributed by atoms with E-state index in [0.29, 0.717) is 12.5 Å². The van der Waals surface area contributed by atoms with Gasteiger partial charge in [-0.15, -0.1) is 0 Å². The van der Waals surface area contributed by atoms with E-state index >= 15 is 0 Å². The van der Waals surface area contributed by atoms with Crippen LogP contribution >= 0.6 is 0 Å². The van der Waals surface area contributed by atoms with Crippen LogP contribution in [-0.2, 0) is 11.3 Å². The van der Waals surface area contributed by atoms with E-state index < -0.39 is 0 Å². The minimum Gasteiger partial charge on any atom is -0.335 e. The number of hydrogen-bond acceptors (Lipinski definition) is 4. The normalized spacial score (nSPS) is 25.0. The Morgan fingerprint density at radius 1 is 1.50 bits per heavy atom. The van der Waals surface area contributed by atoms with Crippen LogP contribution in [0.1, 0.15) is 25.5 Å². The maximum atomic E-state index is 12.3. The third-order valence-electron chi connectivity index (χ3n) is 3.46. The summed E-state index contributed by atoms with van der Waals surface area (Å²) in [6.45, 7) is 3.55. The number of nitrogens with one attached hydrogen (secondary N) is 1. The molecule has 2 rings (SSSR count). The predicted molar refractivity (Wildman–Crippen MR) is 68.7 cm³/mol. The molecule has 1 aromatic heterocycles. The molecule has 0 radical (unpaired) electrons. The zero-order chi connectivity index (χ0) is 13.0. The lowest BCUT2D eigenvalue weighted by atomic mass is 10.0. The molecule has 18 heavy (non-hydrogen) atoms. The van der Waals surface area contributed by atoms with Crippen LogP contribution in [0, 0.1) is 5.92 Å². The zero-order valence-electron chi connectivity index (χ0n) is 11.0. The van der Waals surface area contributed by atoms with Gasteiger partial charge in [0.25, 0.3) is 0 Å². The summed E-state index contributed by atoms with van der Waals surface area (Å²) in [5.74, 6) is 0.741. The number of aromatic nitrogens is 2. The minimum absolute atomic E-state index is 0.0702. The van der Waals surface area contributed by atoms with Gasteiger partial charge in [0.05, 0.1) is 24.5 Å². The van der Waals surface area contributed by atoms with Crippen molar-refractivity contribution in [3.05, 3.63) is 24.3 Å². The summed E-state index contributed by atoms with van der Waals surface area (Å²) in [6.07, 6.45) is 6.98. The van der Waals surface area contributed by atoms with Crippen molar-refractivity contribution < 1.29 is 4.79 Å². The van der Waals surface area contributed by atoms with E-state index in [2.05, 4.69) is 22.2 Å². The second-order valence-corrected chi connectivity index (χ2v) is 4.93. The number of carbonyl (C=O) groups excluding carboxylic acids is 1. The molecule has 0 aromatic carbocycles. The van der Waals surface area contributed by atoms with Crippen molar-refractivity contribution in [3.8, 4) is 0 Å². The number of likely N-dealkylation sites (tertiary alicyclic amines) is 1. The van der Waals surface area contributed by atoms with Gasteiger partial charge in [0.15, 0.2) is 0 Å². The fourth-order valence-electron chi connectivity index (χ4n) is 2.33. The maximum Gasteiger partial charge on any atom is 0.240 e. The van der Waals surface area contributed by atoms with Gasteiger partial charge in [0, 0.05) is 18.9 Å². The van der Waals surface area contributed by atoms with Crippen molar-refractivity contribution in [1.29, 1.82) is 0 Å². The van der Waals surface area contributed by atoms with Gasteiger partial charge in [0.1, 0.15) is 0 Å². The molecule has 1 fully saturated rings. The van der Waals surface area contributed by atoms with Crippen molar-refractivity contribution in [2.24, 2.45) is 5.92 Å². The lowest BCUT2D eigenvalue weighted by molar-refractivity contribution is -0.133. The molecule has 98 valence electrons. The fraction of sp³-hybridized carbons (Fsp3) is 0.615. The van der Waals surface area contributed by atoms with Crippen LogP contribution in [0.3, 0.4) is 0 Å². The Labute approximate surface area is 108 Å². The Balaban J connectivity index is 2.09. The molecule has 2 heterocycles. The number of rotatable bonds is 3. The summed E-state index contributed by atoms with van der Waals surface area (Å²) < 4.78 is 0. The summed E-state index contributed by atoms with van der Waals surface area (Å²) >= 11 is 0. The maximum absolute atomic E-state index is 12.3. The van der Waals surface area contributed by atoms with Crippen molar-refractivity contribution in [2.45, 2.75) is 32.4 Å². The lowest BCUT2D eigenvalue weighted by Crippen LogP contribution is -2.43. The van der Waals surface area contributed by atoms with E-state index in [1.807, 2.05) is 11.9 Å². The first-order chi connectivity index (χ1) is 8.70. The first kappa shape index (κ1) is 13.0. The summed E-state index contributed by atoms with van der Waals surface area (Å²) in [4.78, 5) is 22.5. The smallest absolute Gasteiger partial charge is 0.240 e. The first-order valence-corrected chi connectivity index (χ1v) is 6.41. The second kappa shape index (κ2) is 5.91. The number of hydrogen-bond donors (Lipinski definition) is 1. The van der Waals surface area contributed by atoms with E-state index in [1.165, 1.54) is 0 Å². The highest BCUT2D eigenvalue weighted by atomic mass is 16.2. The van der Waals surface area contributed by atoms with E-state index in [1.54, 1.807) is 18.6 Å². The first-order valence-electron chi connectivity index (χ1n) is 6.41. The minimum atomic E-state index is -0.0702. The van der Waals surface area contributed by atoms with Crippen molar-refractivity contribution in [1.82, 2.24) is 20.2 Å². The van der Waals surface area contributed by atoms with Crippen LogP contribution in [0.5, 0.6) is 0 Å². The monoisotopic (exact) mass is 248 g/mol. The Hall–Kier alpha value is -1.49. The summed E-state index contributed by atoms with van der Waals surface area (Å²) in [5, 5.41) is 3.11. The van der Waals surface area contributed by atoms with E-state index in [9.17, 15) is 4.79 Å². The van der Waals surface area contributed by atoms with Crippen LogP contribution in [-0.4, -0.2) is 40.4 Å².